The number of carbonyl (C=O) groups excluding carboxylic acids is 2. The summed E-state index contributed by atoms with van der Waals surface area (Å²) in [4.78, 5) is 29.1. The molecule has 6 nitrogen and oxygen atoms in total. The minimum absolute atomic E-state index is 0.0241. The summed E-state index contributed by atoms with van der Waals surface area (Å²) < 4.78 is 5.40. The van der Waals surface area contributed by atoms with Gasteiger partial charge in [-0.15, -0.1) is 0 Å². The van der Waals surface area contributed by atoms with E-state index in [-0.39, 0.29) is 36.8 Å². The van der Waals surface area contributed by atoms with E-state index < -0.39 is 0 Å². The lowest BCUT2D eigenvalue weighted by molar-refractivity contribution is -0.121. The number of hydrogen-bond acceptors (Lipinski definition) is 4. The highest BCUT2D eigenvalue weighted by Crippen LogP contribution is 2.25. The second kappa shape index (κ2) is 8.39. The molecule has 1 fully saturated rings. The SMILES string of the molecule is CCCCC1CN(c2cccc(C)c2)C(=O)CN1C(=O)c1ccc(CO)o1. The maximum atomic E-state index is 12.9. The largest absolute Gasteiger partial charge is 0.453 e. The molecule has 3 rings (SSSR count). The molecule has 2 amide bonds. The van der Waals surface area contributed by atoms with Gasteiger partial charge in [0.15, 0.2) is 5.76 Å². The molecule has 6 heteroatoms. The highest BCUT2D eigenvalue weighted by Gasteiger charge is 2.36. The molecule has 1 atom stereocenters. The van der Waals surface area contributed by atoms with Crippen molar-refractivity contribution in [3.8, 4) is 0 Å². The quantitative estimate of drug-likeness (QED) is 0.848. The van der Waals surface area contributed by atoms with Crippen LogP contribution in [0.25, 0.3) is 0 Å². The Bertz CT molecular complexity index is 814. The number of aryl methyl sites for hydroxylation is 1. The van der Waals surface area contributed by atoms with Gasteiger partial charge in [-0.25, -0.2) is 0 Å². The van der Waals surface area contributed by atoms with Crippen LogP contribution in [0.15, 0.2) is 40.8 Å². The van der Waals surface area contributed by atoms with Crippen molar-refractivity contribution < 1.29 is 19.1 Å². The Labute approximate surface area is 159 Å². The van der Waals surface area contributed by atoms with Crippen LogP contribution < -0.4 is 4.90 Å². The Morgan fingerprint density at radius 2 is 2.11 bits per heavy atom. The Hall–Kier alpha value is -2.60. The predicted octanol–water partition coefficient (Wildman–Crippen LogP) is 3.13. The van der Waals surface area contributed by atoms with Gasteiger partial charge in [-0.3, -0.25) is 9.59 Å². The molecule has 0 bridgehead atoms. The number of amides is 2. The van der Waals surface area contributed by atoms with E-state index in [0.29, 0.717) is 12.3 Å². The molecule has 1 aromatic carbocycles. The van der Waals surface area contributed by atoms with Crippen LogP contribution in [0.1, 0.15) is 48.1 Å². The van der Waals surface area contributed by atoms with Crippen molar-refractivity contribution in [2.24, 2.45) is 0 Å². The second-order valence-corrected chi connectivity index (χ2v) is 7.00. The van der Waals surface area contributed by atoms with Crippen molar-refractivity contribution in [1.82, 2.24) is 4.90 Å². The summed E-state index contributed by atoms with van der Waals surface area (Å²) in [6.07, 6.45) is 2.82. The van der Waals surface area contributed by atoms with Crippen molar-refractivity contribution in [3.05, 3.63) is 53.5 Å². The smallest absolute Gasteiger partial charge is 0.290 e. The average Bonchev–Trinajstić information content (AvgIpc) is 3.15. The van der Waals surface area contributed by atoms with E-state index in [1.165, 1.54) is 0 Å². The molecular weight excluding hydrogens is 344 g/mol. The van der Waals surface area contributed by atoms with Crippen LogP contribution in [0.5, 0.6) is 0 Å². The Balaban J connectivity index is 1.84. The third kappa shape index (κ3) is 4.22. The number of benzene rings is 1. The molecule has 0 radical (unpaired) electrons. The summed E-state index contributed by atoms with van der Waals surface area (Å²) in [6.45, 7) is 4.35. The van der Waals surface area contributed by atoms with E-state index in [1.807, 2.05) is 31.2 Å². The van der Waals surface area contributed by atoms with Gasteiger partial charge in [0.1, 0.15) is 18.9 Å². The number of unbranched alkanes of at least 4 members (excludes halogenated alkanes) is 1. The molecule has 27 heavy (non-hydrogen) atoms. The minimum atomic E-state index is -0.298. The maximum absolute atomic E-state index is 12.9. The first kappa shape index (κ1) is 19.2. The van der Waals surface area contributed by atoms with Gasteiger partial charge in [0, 0.05) is 12.2 Å². The number of furan rings is 1. The molecule has 2 heterocycles. The van der Waals surface area contributed by atoms with Crippen LogP contribution in [0.4, 0.5) is 5.69 Å². The molecule has 0 spiro atoms. The normalized spacial score (nSPS) is 17.4. The second-order valence-electron chi connectivity index (χ2n) is 7.00. The first-order valence-corrected chi connectivity index (χ1v) is 9.41. The zero-order chi connectivity index (χ0) is 19.4. The van der Waals surface area contributed by atoms with Crippen molar-refractivity contribution in [3.63, 3.8) is 0 Å². The summed E-state index contributed by atoms with van der Waals surface area (Å²) in [5, 5.41) is 9.16. The van der Waals surface area contributed by atoms with Crippen molar-refractivity contribution in [2.75, 3.05) is 18.0 Å². The Morgan fingerprint density at radius 3 is 2.78 bits per heavy atom. The number of hydrogen-bond donors (Lipinski definition) is 1. The number of aliphatic hydroxyl groups excluding tert-OH is 1. The molecule has 1 saturated heterocycles. The summed E-state index contributed by atoms with van der Waals surface area (Å²) in [5.41, 5.74) is 1.96. The first-order valence-electron chi connectivity index (χ1n) is 9.41. The Kier molecular flexibility index (Phi) is 5.96. The molecule has 144 valence electrons. The molecule has 1 unspecified atom stereocenters. The minimum Gasteiger partial charge on any atom is -0.453 e. The summed E-state index contributed by atoms with van der Waals surface area (Å²) in [7, 11) is 0. The number of aliphatic hydroxyl groups is 1. The first-order chi connectivity index (χ1) is 13.0. The van der Waals surface area contributed by atoms with Gasteiger partial charge in [-0.2, -0.15) is 0 Å². The fraction of sp³-hybridized carbons (Fsp3) is 0.429. The fourth-order valence-electron chi connectivity index (χ4n) is 3.46. The zero-order valence-corrected chi connectivity index (χ0v) is 15.9. The lowest BCUT2D eigenvalue weighted by Gasteiger charge is -2.40. The predicted molar refractivity (Wildman–Crippen MR) is 103 cm³/mol. The monoisotopic (exact) mass is 370 g/mol. The summed E-state index contributed by atoms with van der Waals surface area (Å²) in [6, 6.07) is 10.9. The molecule has 1 N–H and O–H groups in total. The van der Waals surface area contributed by atoms with E-state index in [2.05, 4.69) is 6.92 Å². The molecule has 2 aromatic rings. The molecule has 0 saturated carbocycles. The van der Waals surface area contributed by atoms with E-state index in [1.54, 1.807) is 21.9 Å². The fourth-order valence-corrected chi connectivity index (χ4v) is 3.46. The Morgan fingerprint density at radius 1 is 1.30 bits per heavy atom. The van der Waals surface area contributed by atoms with Crippen LogP contribution in [0.2, 0.25) is 0 Å². The van der Waals surface area contributed by atoms with Crippen molar-refractivity contribution >= 4 is 17.5 Å². The molecule has 0 aliphatic carbocycles. The number of piperazine rings is 1. The average molecular weight is 370 g/mol. The third-order valence-electron chi connectivity index (χ3n) is 4.93. The topological polar surface area (TPSA) is 74.0 Å². The van der Waals surface area contributed by atoms with Gasteiger partial charge in [-0.05, 0) is 43.2 Å². The van der Waals surface area contributed by atoms with Crippen molar-refractivity contribution in [1.29, 1.82) is 0 Å². The zero-order valence-electron chi connectivity index (χ0n) is 15.9. The summed E-state index contributed by atoms with van der Waals surface area (Å²) >= 11 is 0. The van der Waals surface area contributed by atoms with Gasteiger partial charge in [-0.1, -0.05) is 31.9 Å². The highest BCUT2D eigenvalue weighted by molar-refractivity contribution is 6.01. The van der Waals surface area contributed by atoms with E-state index in [4.69, 9.17) is 9.52 Å². The van der Waals surface area contributed by atoms with E-state index in [9.17, 15) is 9.59 Å². The van der Waals surface area contributed by atoms with Crippen LogP contribution >= 0.6 is 0 Å². The number of nitrogens with zero attached hydrogens (tertiary/aromatic N) is 2. The van der Waals surface area contributed by atoms with Gasteiger partial charge < -0.3 is 19.3 Å². The summed E-state index contributed by atoms with van der Waals surface area (Å²) in [5.74, 6) is 0.106. The number of anilines is 1. The highest BCUT2D eigenvalue weighted by atomic mass is 16.4. The van der Waals surface area contributed by atoms with Gasteiger partial charge >= 0.3 is 0 Å². The standard InChI is InChI=1S/C21H26N2O4/c1-3-4-7-17-12-22(16-8-5-6-15(2)11-16)20(25)13-23(17)21(26)19-10-9-18(14-24)27-19/h5-6,8-11,17,24H,3-4,7,12-14H2,1-2H3. The lowest BCUT2D eigenvalue weighted by Crippen LogP contribution is -2.58. The van der Waals surface area contributed by atoms with Gasteiger partial charge in [0.25, 0.3) is 5.91 Å². The molecule has 1 aliphatic rings. The van der Waals surface area contributed by atoms with E-state index >= 15 is 0 Å². The van der Waals surface area contributed by atoms with Gasteiger partial charge in [0.05, 0.1) is 6.04 Å². The van der Waals surface area contributed by atoms with Crippen molar-refractivity contribution in [2.45, 2.75) is 45.8 Å². The van der Waals surface area contributed by atoms with Crippen LogP contribution in [-0.2, 0) is 11.4 Å². The van der Waals surface area contributed by atoms with Gasteiger partial charge in [0.2, 0.25) is 5.91 Å². The number of carbonyl (C=O) groups is 2. The molecule has 1 aliphatic heterocycles. The lowest BCUT2D eigenvalue weighted by atomic mass is 10.0. The third-order valence-corrected chi connectivity index (χ3v) is 4.93. The van der Waals surface area contributed by atoms with Crippen LogP contribution in [0, 0.1) is 6.92 Å². The number of rotatable bonds is 6. The molecule has 1 aromatic heterocycles. The van der Waals surface area contributed by atoms with Crippen LogP contribution in [-0.4, -0.2) is 41.0 Å². The van der Waals surface area contributed by atoms with Crippen LogP contribution in [0.3, 0.4) is 0 Å². The molecular formula is C21H26N2O4. The van der Waals surface area contributed by atoms with E-state index in [0.717, 1.165) is 30.5 Å². The maximum Gasteiger partial charge on any atom is 0.290 e.